The van der Waals surface area contributed by atoms with E-state index >= 15 is 0 Å². The van der Waals surface area contributed by atoms with E-state index in [0.29, 0.717) is 22.6 Å². The summed E-state index contributed by atoms with van der Waals surface area (Å²) in [6.45, 7) is 1.46. The van der Waals surface area contributed by atoms with Crippen LogP contribution in [0.3, 0.4) is 0 Å². The Morgan fingerprint density at radius 3 is 2.94 bits per heavy atom. The van der Waals surface area contributed by atoms with Crippen LogP contribution in [-0.4, -0.2) is 37.0 Å². The number of carbonyl (C=O) groups excluding carboxylic acids is 1. The molecule has 0 aromatic heterocycles. The van der Waals surface area contributed by atoms with Crippen molar-refractivity contribution >= 4 is 21.8 Å². The Hall–Kier alpha value is -0.940. The molecule has 17 heavy (non-hydrogen) atoms. The SMILES string of the molecule is CNC1CCN(C(=O)c2ccc(F)c(Br)c2)C1. The monoisotopic (exact) mass is 300 g/mol. The maximum Gasteiger partial charge on any atom is 0.253 e. The van der Waals surface area contributed by atoms with Crippen molar-refractivity contribution in [2.75, 3.05) is 20.1 Å². The Bertz CT molecular complexity index is 439. The third-order valence-electron chi connectivity index (χ3n) is 3.05. The van der Waals surface area contributed by atoms with Crippen LogP contribution >= 0.6 is 15.9 Å². The second kappa shape index (κ2) is 5.14. The lowest BCUT2D eigenvalue weighted by Crippen LogP contribution is -2.33. The summed E-state index contributed by atoms with van der Waals surface area (Å²) in [5.41, 5.74) is 0.523. The van der Waals surface area contributed by atoms with E-state index in [4.69, 9.17) is 0 Å². The van der Waals surface area contributed by atoms with Crippen LogP contribution in [0.4, 0.5) is 4.39 Å². The molecule has 1 aliphatic heterocycles. The second-order valence-electron chi connectivity index (χ2n) is 4.15. The molecule has 0 aliphatic carbocycles. The van der Waals surface area contributed by atoms with Gasteiger partial charge in [0.2, 0.25) is 0 Å². The predicted octanol–water partition coefficient (Wildman–Crippen LogP) is 2.02. The zero-order chi connectivity index (χ0) is 12.4. The van der Waals surface area contributed by atoms with Crippen molar-refractivity contribution in [2.24, 2.45) is 0 Å². The van der Waals surface area contributed by atoms with Crippen molar-refractivity contribution in [3.05, 3.63) is 34.1 Å². The molecule has 1 atom stereocenters. The maximum absolute atomic E-state index is 13.1. The number of likely N-dealkylation sites (tertiary alicyclic amines) is 1. The Morgan fingerprint density at radius 1 is 1.59 bits per heavy atom. The molecule has 0 spiro atoms. The van der Waals surface area contributed by atoms with E-state index in [-0.39, 0.29) is 11.7 Å². The largest absolute Gasteiger partial charge is 0.337 e. The lowest BCUT2D eigenvalue weighted by atomic mass is 10.2. The van der Waals surface area contributed by atoms with Gasteiger partial charge in [-0.3, -0.25) is 4.79 Å². The highest BCUT2D eigenvalue weighted by Crippen LogP contribution is 2.19. The normalized spacial score (nSPS) is 19.7. The minimum absolute atomic E-state index is 0.0385. The molecule has 1 amide bonds. The molecular formula is C12H14BrFN2O. The van der Waals surface area contributed by atoms with Gasteiger partial charge < -0.3 is 10.2 Å². The van der Waals surface area contributed by atoms with Crippen molar-refractivity contribution < 1.29 is 9.18 Å². The molecule has 0 radical (unpaired) electrons. The van der Waals surface area contributed by atoms with E-state index < -0.39 is 0 Å². The number of amides is 1. The molecule has 0 bridgehead atoms. The molecule has 92 valence electrons. The number of carbonyl (C=O) groups is 1. The molecule has 3 nitrogen and oxygen atoms in total. The van der Waals surface area contributed by atoms with Crippen LogP contribution in [0.25, 0.3) is 0 Å². The molecule has 1 aromatic rings. The fraction of sp³-hybridized carbons (Fsp3) is 0.417. The second-order valence-corrected chi connectivity index (χ2v) is 5.01. The van der Waals surface area contributed by atoms with Crippen LogP contribution in [0.5, 0.6) is 0 Å². The Balaban J connectivity index is 2.12. The van der Waals surface area contributed by atoms with Gasteiger partial charge in [-0.15, -0.1) is 0 Å². The number of likely N-dealkylation sites (N-methyl/N-ethyl adjacent to an activating group) is 1. The van der Waals surface area contributed by atoms with Crippen molar-refractivity contribution in [2.45, 2.75) is 12.5 Å². The summed E-state index contributed by atoms with van der Waals surface area (Å²) in [5.74, 6) is -0.389. The van der Waals surface area contributed by atoms with Crippen molar-refractivity contribution in [1.29, 1.82) is 0 Å². The third kappa shape index (κ3) is 2.66. The average Bonchev–Trinajstić information content (AvgIpc) is 2.80. The first-order valence-corrected chi connectivity index (χ1v) is 6.32. The number of halogens is 2. The van der Waals surface area contributed by atoms with Crippen LogP contribution in [0.1, 0.15) is 16.8 Å². The van der Waals surface area contributed by atoms with Gasteiger partial charge in [-0.2, -0.15) is 0 Å². The third-order valence-corrected chi connectivity index (χ3v) is 3.66. The Labute approximate surface area is 108 Å². The number of benzene rings is 1. The Kier molecular flexibility index (Phi) is 3.79. The molecular weight excluding hydrogens is 287 g/mol. The number of nitrogens with one attached hydrogen (secondary N) is 1. The number of hydrogen-bond acceptors (Lipinski definition) is 2. The van der Waals surface area contributed by atoms with Crippen molar-refractivity contribution in [1.82, 2.24) is 10.2 Å². The summed E-state index contributed by atoms with van der Waals surface area (Å²) >= 11 is 3.09. The molecule has 2 rings (SSSR count). The summed E-state index contributed by atoms with van der Waals surface area (Å²) in [5, 5.41) is 3.16. The molecule has 5 heteroatoms. The van der Waals surface area contributed by atoms with Crippen LogP contribution in [0.15, 0.2) is 22.7 Å². The molecule has 1 unspecified atom stereocenters. The van der Waals surface area contributed by atoms with E-state index in [1.807, 2.05) is 7.05 Å². The van der Waals surface area contributed by atoms with Crippen LogP contribution < -0.4 is 5.32 Å². The first-order valence-electron chi connectivity index (χ1n) is 5.53. The minimum Gasteiger partial charge on any atom is -0.337 e. The topological polar surface area (TPSA) is 32.3 Å². The molecule has 1 aliphatic rings. The van der Waals surface area contributed by atoms with E-state index in [2.05, 4.69) is 21.2 Å². The highest BCUT2D eigenvalue weighted by Gasteiger charge is 2.25. The number of nitrogens with zero attached hydrogens (tertiary/aromatic N) is 1. The summed E-state index contributed by atoms with van der Waals surface area (Å²) in [6, 6.07) is 4.73. The molecule has 1 heterocycles. The van der Waals surface area contributed by atoms with Gasteiger partial charge in [0, 0.05) is 24.7 Å². The van der Waals surface area contributed by atoms with Crippen LogP contribution in [0, 0.1) is 5.82 Å². The van der Waals surface area contributed by atoms with E-state index in [1.54, 1.807) is 4.90 Å². The first kappa shape index (κ1) is 12.5. The lowest BCUT2D eigenvalue weighted by molar-refractivity contribution is 0.0789. The van der Waals surface area contributed by atoms with Gasteiger partial charge in [-0.25, -0.2) is 4.39 Å². The summed E-state index contributed by atoms with van der Waals surface area (Å²) in [4.78, 5) is 13.9. The van der Waals surface area contributed by atoms with Gasteiger partial charge in [0.05, 0.1) is 4.47 Å². The van der Waals surface area contributed by atoms with Crippen molar-refractivity contribution in [3.8, 4) is 0 Å². The van der Waals surface area contributed by atoms with Crippen molar-refractivity contribution in [3.63, 3.8) is 0 Å². The lowest BCUT2D eigenvalue weighted by Gasteiger charge is -2.16. The molecule has 0 saturated carbocycles. The van der Waals surface area contributed by atoms with Gasteiger partial charge in [-0.1, -0.05) is 0 Å². The van der Waals surface area contributed by atoms with Gasteiger partial charge in [0.15, 0.2) is 0 Å². The zero-order valence-electron chi connectivity index (χ0n) is 9.54. The first-order chi connectivity index (χ1) is 8.11. The number of hydrogen-bond donors (Lipinski definition) is 1. The van der Waals surface area contributed by atoms with Crippen LogP contribution in [-0.2, 0) is 0 Å². The summed E-state index contributed by atoms with van der Waals surface area (Å²) in [6.07, 6.45) is 0.963. The van der Waals surface area contributed by atoms with Gasteiger partial charge in [0.1, 0.15) is 5.82 Å². The van der Waals surface area contributed by atoms with E-state index in [1.165, 1.54) is 18.2 Å². The summed E-state index contributed by atoms with van der Waals surface area (Å²) in [7, 11) is 1.90. The number of rotatable bonds is 2. The van der Waals surface area contributed by atoms with E-state index in [0.717, 1.165) is 13.0 Å². The fourth-order valence-corrected chi connectivity index (χ4v) is 2.37. The maximum atomic E-state index is 13.1. The molecule has 1 N–H and O–H groups in total. The summed E-state index contributed by atoms with van der Waals surface area (Å²) < 4.78 is 13.4. The molecule has 1 aromatic carbocycles. The van der Waals surface area contributed by atoms with E-state index in [9.17, 15) is 9.18 Å². The molecule has 1 saturated heterocycles. The van der Waals surface area contributed by atoms with Gasteiger partial charge in [0.25, 0.3) is 5.91 Å². The molecule has 1 fully saturated rings. The minimum atomic E-state index is -0.351. The quantitative estimate of drug-likeness (QED) is 0.906. The smallest absolute Gasteiger partial charge is 0.253 e. The van der Waals surface area contributed by atoms with Crippen LogP contribution in [0.2, 0.25) is 0 Å². The predicted molar refractivity (Wildman–Crippen MR) is 67.5 cm³/mol. The Morgan fingerprint density at radius 2 is 2.35 bits per heavy atom. The standard InChI is InChI=1S/C12H14BrFN2O/c1-15-9-4-5-16(7-9)12(17)8-2-3-11(14)10(13)6-8/h2-3,6,9,15H,4-5,7H2,1H3. The average molecular weight is 301 g/mol. The fourth-order valence-electron chi connectivity index (χ4n) is 1.99. The highest BCUT2D eigenvalue weighted by molar-refractivity contribution is 9.10. The van der Waals surface area contributed by atoms with Gasteiger partial charge >= 0.3 is 0 Å². The zero-order valence-corrected chi connectivity index (χ0v) is 11.1. The van der Waals surface area contributed by atoms with Gasteiger partial charge in [-0.05, 0) is 47.6 Å². The highest BCUT2D eigenvalue weighted by atomic mass is 79.9.